The van der Waals surface area contributed by atoms with Gasteiger partial charge in [-0.25, -0.2) is 4.98 Å². The number of pyridine rings is 1. The van der Waals surface area contributed by atoms with E-state index in [0.717, 1.165) is 0 Å². The molecule has 0 spiro atoms. The predicted molar refractivity (Wildman–Crippen MR) is 161 cm³/mol. The maximum absolute atomic E-state index is 14.6. The summed E-state index contributed by atoms with van der Waals surface area (Å²) < 4.78 is 101. The fourth-order valence-electron chi connectivity index (χ4n) is 3.78. The molecule has 1 amide bonds. The number of anilines is 1. The van der Waals surface area contributed by atoms with Gasteiger partial charge >= 0.3 is 12.4 Å². The third-order valence-corrected chi connectivity index (χ3v) is 6.45. The molecule has 47 heavy (non-hydrogen) atoms. The van der Waals surface area contributed by atoms with E-state index in [1.165, 1.54) is 12.2 Å². The Kier molecular flexibility index (Phi) is 13.6. The monoisotopic (exact) mass is 670 g/mol. The van der Waals surface area contributed by atoms with Crippen molar-refractivity contribution in [1.82, 2.24) is 15.2 Å². The zero-order valence-corrected chi connectivity index (χ0v) is 26.3. The van der Waals surface area contributed by atoms with Crippen molar-refractivity contribution in [2.24, 2.45) is 0 Å². The summed E-state index contributed by atoms with van der Waals surface area (Å²) in [7, 11) is 1.71. The number of methoxy groups -OCH3 is 1. The molecule has 0 radical (unpaired) electrons. The highest BCUT2D eigenvalue weighted by molar-refractivity contribution is 5.97. The molecular formula is C32H36F6N4O5. The normalized spacial score (nSPS) is 13.1. The quantitative estimate of drug-likeness (QED) is 0.0789. The molecule has 3 aromatic rings. The summed E-state index contributed by atoms with van der Waals surface area (Å²) in [6.45, 7) is 12.4. The van der Waals surface area contributed by atoms with Crippen LogP contribution >= 0.6 is 0 Å². The Morgan fingerprint density at radius 2 is 1.62 bits per heavy atom. The van der Waals surface area contributed by atoms with Crippen molar-refractivity contribution in [1.29, 1.82) is 0 Å². The van der Waals surface area contributed by atoms with Crippen LogP contribution < -0.4 is 5.32 Å². The van der Waals surface area contributed by atoms with E-state index in [-0.39, 0.29) is 31.3 Å². The molecule has 9 nitrogen and oxygen atoms in total. The number of aromatic nitrogens is 3. The minimum atomic E-state index is -5.10. The van der Waals surface area contributed by atoms with Gasteiger partial charge in [0.2, 0.25) is 12.0 Å². The van der Waals surface area contributed by atoms with Crippen LogP contribution in [0.2, 0.25) is 0 Å². The molecule has 0 aliphatic rings. The van der Waals surface area contributed by atoms with Crippen LogP contribution in [0.1, 0.15) is 74.0 Å². The second-order valence-electron chi connectivity index (χ2n) is 10.9. The van der Waals surface area contributed by atoms with Gasteiger partial charge in [0.1, 0.15) is 5.69 Å². The Hall–Kier alpha value is -4.37. The van der Waals surface area contributed by atoms with Gasteiger partial charge in [0.25, 0.3) is 11.8 Å². The van der Waals surface area contributed by atoms with Gasteiger partial charge in [0, 0.05) is 13.5 Å². The molecule has 0 saturated heterocycles. The van der Waals surface area contributed by atoms with E-state index in [1.54, 1.807) is 37.4 Å². The Morgan fingerprint density at radius 1 is 1.00 bits per heavy atom. The molecule has 0 fully saturated rings. The number of rotatable bonds is 14. The topological polar surface area (TPSA) is 116 Å². The summed E-state index contributed by atoms with van der Waals surface area (Å²) in [5.41, 5.74) is -6.48. The number of alkyl halides is 6. The van der Waals surface area contributed by atoms with E-state index in [0.29, 0.717) is 11.6 Å². The standard InChI is InChI=1S/C27H24F6N4O4.C5H12O/c1-3-5-12-20(39)21-18(26(28,29)30)14-19(34-16-38)22(35-21)23-36-37-24(41-23)25(13-6-4-2,27(31,32)33)40-15-17-10-8-7-9-11-17;1-5(2,3)6-4/h3-4,7-11,14,16H,1-2,5-6,12-13,15H2,(H,34,38);1-4H3. The van der Waals surface area contributed by atoms with Crippen LogP contribution in [0.4, 0.5) is 32.0 Å². The van der Waals surface area contributed by atoms with Gasteiger partial charge in [-0.1, -0.05) is 42.5 Å². The molecule has 0 bridgehead atoms. The maximum atomic E-state index is 14.6. The lowest BCUT2D eigenvalue weighted by molar-refractivity contribution is -0.299. The van der Waals surface area contributed by atoms with E-state index in [9.17, 15) is 35.9 Å². The predicted octanol–water partition coefficient (Wildman–Crippen LogP) is 8.24. The van der Waals surface area contributed by atoms with Crippen LogP contribution in [0.5, 0.6) is 0 Å². The van der Waals surface area contributed by atoms with Gasteiger partial charge in [-0.2, -0.15) is 26.3 Å². The summed E-state index contributed by atoms with van der Waals surface area (Å²) in [4.78, 5) is 27.5. The molecule has 15 heteroatoms. The van der Waals surface area contributed by atoms with Crippen molar-refractivity contribution in [3.8, 4) is 11.6 Å². The average molecular weight is 671 g/mol. The highest BCUT2D eigenvalue weighted by Crippen LogP contribution is 2.47. The minimum absolute atomic E-state index is 0.0181. The number of nitrogens with one attached hydrogen (secondary N) is 1. The molecule has 2 heterocycles. The molecule has 1 N–H and O–H groups in total. The number of allylic oxidation sites excluding steroid dienone is 2. The summed E-state index contributed by atoms with van der Waals surface area (Å²) in [5.74, 6) is -2.87. The van der Waals surface area contributed by atoms with Crippen LogP contribution in [-0.4, -0.2) is 46.3 Å². The molecule has 0 aliphatic heterocycles. The van der Waals surface area contributed by atoms with E-state index in [4.69, 9.17) is 13.9 Å². The summed E-state index contributed by atoms with van der Waals surface area (Å²) >= 11 is 0. The zero-order valence-electron chi connectivity index (χ0n) is 26.3. The van der Waals surface area contributed by atoms with E-state index in [2.05, 4.69) is 28.3 Å². The van der Waals surface area contributed by atoms with Gasteiger partial charge in [-0.05, 0) is 51.7 Å². The number of carbonyl (C=O) groups is 2. The summed E-state index contributed by atoms with van der Waals surface area (Å²) in [6.07, 6.45) is -8.87. The second-order valence-corrected chi connectivity index (χ2v) is 10.9. The Labute approximate surface area is 268 Å². The van der Waals surface area contributed by atoms with Crippen LogP contribution in [0, 0.1) is 0 Å². The van der Waals surface area contributed by atoms with Crippen LogP contribution in [0.25, 0.3) is 11.6 Å². The Bertz CT molecular complexity index is 1500. The first-order valence-electron chi connectivity index (χ1n) is 14.2. The SMILES string of the molecule is C=CCCC(=O)c1nc(-c2nnc(C(CCC=C)(OCc3ccccc3)C(F)(F)F)o2)c(NC=O)cc1C(F)(F)F.COC(C)(C)C. The summed E-state index contributed by atoms with van der Waals surface area (Å²) in [5, 5.41) is 9.09. The van der Waals surface area contributed by atoms with Crippen LogP contribution in [0.15, 0.2) is 66.1 Å². The highest BCUT2D eigenvalue weighted by Gasteiger charge is 2.61. The number of ketones is 1. The first-order chi connectivity index (χ1) is 21.9. The third-order valence-electron chi connectivity index (χ3n) is 6.45. The Balaban J connectivity index is 0.00000117. The van der Waals surface area contributed by atoms with Crippen molar-refractivity contribution < 1.29 is 49.8 Å². The van der Waals surface area contributed by atoms with Gasteiger partial charge in [0.05, 0.1) is 23.5 Å². The zero-order chi connectivity index (χ0) is 35.5. The lowest BCUT2D eigenvalue weighted by Gasteiger charge is -2.32. The molecule has 256 valence electrons. The molecule has 0 saturated carbocycles. The second kappa shape index (κ2) is 16.5. The lowest BCUT2D eigenvalue weighted by atomic mass is 9.96. The van der Waals surface area contributed by atoms with Crippen molar-refractivity contribution in [2.45, 2.75) is 76.6 Å². The van der Waals surface area contributed by atoms with E-state index >= 15 is 0 Å². The summed E-state index contributed by atoms with van der Waals surface area (Å²) in [6, 6.07) is 8.39. The molecule has 1 unspecified atom stereocenters. The number of carbonyl (C=O) groups excluding carboxylic acids is 2. The molecule has 1 atom stereocenters. The van der Waals surface area contributed by atoms with Crippen molar-refractivity contribution in [2.75, 3.05) is 12.4 Å². The molecule has 1 aromatic carbocycles. The minimum Gasteiger partial charge on any atom is -0.416 e. The van der Waals surface area contributed by atoms with Gasteiger partial charge in [-0.15, -0.1) is 23.4 Å². The molecular weight excluding hydrogens is 634 g/mol. The number of hydrogen-bond acceptors (Lipinski definition) is 8. The molecule has 3 rings (SSSR count). The number of halogens is 6. The van der Waals surface area contributed by atoms with Crippen molar-refractivity contribution in [3.63, 3.8) is 0 Å². The fourth-order valence-corrected chi connectivity index (χ4v) is 3.78. The first kappa shape index (κ1) is 38.8. The van der Waals surface area contributed by atoms with Gasteiger partial charge in [-0.3, -0.25) is 9.59 Å². The highest BCUT2D eigenvalue weighted by atomic mass is 19.4. The average Bonchev–Trinajstić information content (AvgIpc) is 3.50. The number of amides is 1. The first-order valence-corrected chi connectivity index (χ1v) is 14.2. The third kappa shape index (κ3) is 10.6. The van der Waals surface area contributed by atoms with Crippen LogP contribution in [-0.2, 0) is 32.7 Å². The smallest absolute Gasteiger partial charge is 0.416 e. The number of nitrogens with zero attached hydrogens (tertiary/aromatic N) is 3. The Morgan fingerprint density at radius 3 is 2.13 bits per heavy atom. The van der Waals surface area contributed by atoms with Crippen molar-refractivity contribution >= 4 is 17.9 Å². The fraction of sp³-hybridized carbons (Fsp3) is 0.406. The molecule has 2 aromatic heterocycles. The lowest BCUT2D eigenvalue weighted by Crippen LogP contribution is -2.45. The number of Topliss-reactive ketones (excluding diaryl/α,β-unsaturated/α-hetero) is 1. The largest absolute Gasteiger partial charge is 0.426 e. The van der Waals surface area contributed by atoms with Gasteiger partial charge in [0.15, 0.2) is 11.5 Å². The van der Waals surface area contributed by atoms with E-state index in [1.807, 2.05) is 26.1 Å². The van der Waals surface area contributed by atoms with E-state index < -0.39 is 71.2 Å². The van der Waals surface area contributed by atoms with Crippen molar-refractivity contribution in [3.05, 3.63) is 84.4 Å². The number of ether oxygens (including phenoxy) is 2. The van der Waals surface area contributed by atoms with Gasteiger partial charge < -0.3 is 19.2 Å². The molecule has 0 aliphatic carbocycles. The van der Waals surface area contributed by atoms with Crippen LogP contribution in [0.3, 0.4) is 0 Å². The number of benzene rings is 1. The maximum Gasteiger partial charge on any atom is 0.426 e. The number of hydrogen-bond donors (Lipinski definition) is 1.